The van der Waals surface area contributed by atoms with Crippen LogP contribution in [-0.2, 0) is 10.2 Å². The Morgan fingerprint density at radius 3 is 2.89 bits per heavy atom. The number of Topliss-reactive ketones (excluding diaryl/α,β-unsaturated/α-hetero) is 1. The number of methoxy groups -OCH3 is 1. The van der Waals surface area contributed by atoms with E-state index in [1.807, 2.05) is 30.5 Å². The van der Waals surface area contributed by atoms with Gasteiger partial charge in [-0.15, -0.1) is 0 Å². The van der Waals surface area contributed by atoms with Crippen LogP contribution < -0.4 is 4.74 Å². The molecule has 0 radical (unpaired) electrons. The summed E-state index contributed by atoms with van der Waals surface area (Å²) in [6, 6.07) is 7.77. The lowest BCUT2D eigenvalue weighted by Crippen LogP contribution is -2.40. The van der Waals surface area contributed by atoms with E-state index < -0.39 is 5.41 Å². The van der Waals surface area contributed by atoms with Gasteiger partial charge in [0, 0.05) is 19.7 Å². The van der Waals surface area contributed by atoms with Crippen molar-refractivity contribution in [3.05, 3.63) is 29.8 Å². The molecule has 0 spiro atoms. The van der Waals surface area contributed by atoms with Gasteiger partial charge in [0.25, 0.3) is 0 Å². The maximum atomic E-state index is 12.4. The Balaban J connectivity index is 2.48. The first kappa shape index (κ1) is 12.8. The summed E-state index contributed by atoms with van der Waals surface area (Å²) in [6.07, 6.45) is 5.35. The molecule has 3 nitrogen and oxygen atoms in total. The van der Waals surface area contributed by atoms with Crippen LogP contribution in [0, 0.1) is 0 Å². The largest absolute Gasteiger partial charge is 0.497 e. The fourth-order valence-corrected chi connectivity index (χ4v) is 2.69. The number of carbonyl (C=O) groups excluding carboxylic acids is 1. The number of benzene rings is 1. The molecule has 18 heavy (non-hydrogen) atoms. The van der Waals surface area contributed by atoms with E-state index in [1.165, 1.54) is 0 Å². The first-order valence-electron chi connectivity index (χ1n) is 6.34. The molecule has 0 aliphatic heterocycles. The van der Waals surface area contributed by atoms with Crippen molar-refractivity contribution in [2.24, 2.45) is 4.99 Å². The van der Waals surface area contributed by atoms with E-state index in [0.29, 0.717) is 6.42 Å². The van der Waals surface area contributed by atoms with Crippen LogP contribution in [0.15, 0.2) is 29.3 Å². The summed E-state index contributed by atoms with van der Waals surface area (Å²) in [7, 11) is 3.37. The molecule has 2 rings (SSSR count). The topological polar surface area (TPSA) is 38.7 Å². The van der Waals surface area contributed by atoms with Gasteiger partial charge in [-0.25, -0.2) is 0 Å². The Morgan fingerprint density at radius 2 is 2.22 bits per heavy atom. The molecule has 1 aliphatic carbocycles. The minimum absolute atomic E-state index is 0.271. The predicted octanol–water partition coefficient (Wildman–Crippen LogP) is 2.78. The van der Waals surface area contributed by atoms with Gasteiger partial charge in [0.2, 0.25) is 0 Å². The zero-order chi connectivity index (χ0) is 13.0. The summed E-state index contributed by atoms with van der Waals surface area (Å²) in [5.74, 6) is 1.06. The second-order valence-corrected chi connectivity index (χ2v) is 4.72. The standard InChI is InChI=1S/C15H19NO2/c1-16-11-15(9-4-3-8-14(15)17)12-6-5-7-13(10-12)18-2/h5-7,10-11H,3-4,8-9H2,1-2H3/b16-11-/t15-/m0/s1. The Hall–Kier alpha value is -1.64. The van der Waals surface area contributed by atoms with Crippen molar-refractivity contribution in [1.82, 2.24) is 0 Å². The molecule has 96 valence electrons. The van der Waals surface area contributed by atoms with Crippen molar-refractivity contribution >= 4 is 12.0 Å². The van der Waals surface area contributed by atoms with Gasteiger partial charge in [0.15, 0.2) is 0 Å². The van der Waals surface area contributed by atoms with Crippen molar-refractivity contribution in [2.45, 2.75) is 31.1 Å². The van der Waals surface area contributed by atoms with Gasteiger partial charge in [-0.05, 0) is 30.5 Å². The van der Waals surface area contributed by atoms with Crippen LogP contribution in [0.2, 0.25) is 0 Å². The van der Waals surface area contributed by atoms with Gasteiger partial charge in [-0.1, -0.05) is 18.6 Å². The van der Waals surface area contributed by atoms with Gasteiger partial charge in [-0.2, -0.15) is 0 Å². The average Bonchev–Trinajstić information content (AvgIpc) is 2.42. The molecule has 0 bridgehead atoms. The van der Waals surface area contributed by atoms with Gasteiger partial charge < -0.3 is 4.74 Å². The molecule has 1 aromatic rings. The molecule has 0 amide bonds. The number of carbonyl (C=O) groups is 1. The molecule has 1 aromatic carbocycles. The lowest BCUT2D eigenvalue weighted by Gasteiger charge is -2.32. The number of rotatable bonds is 3. The average molecular weight is 245 g/mol. The number of ketones is 1. The summed E-state index contributed by atoms with van der Waals surface area (Å²) in [4.78, 5) is 16.5. The number of hydrogen-bond acceptors (Lipinski definition) is 3. The first-order chi connectivity index (χ1) is 8.73. The molecule has 1 atom stereocenters. The Morgan fingerprint density at radius 1 is 1.39 bits per heavy atom. The van der Waals surface area contributed by atoms with E-state index in [4.69, 9.17) is 4.74 Å². The first-order valence-corrected chi connectivity index (χ1v) is 6.34. The minimum Gasteiger partial charge on any atom is -0.497 e. The number of nitrogens with zero attached hydrogens (tertiary/aromatic N) is 1. The zero-order valence-electron chi connectivity index (χ0n) is 11.0. The summed E-state index contributed by atoms with van der Waals surface area (Å²) < 4.78 is 5.25. The summed E-state index contributed by atoms with van der Waals surface area (Å²) in [5.41, 5.74) is 0.457. The highest BCUT2D eigenvalue weighted by Crippen LogP contribution is 2.36. The number of hydrogen-bond donors (Lipinski definition) is 0. The minimum atomic E-state index is -0.540. The maximum absolute atomic E-state index is 12.4. The molecule has 0 N–H and O–H groups in total. The van der Waals surface area contributed by atoms with Crippen molar-refractivity contribution in [3.8, 4) is 5.75 Å². The molecule has 1 fully saturated rings. The lowest BCUT2D eigenvalue weighted by atomic mass is 9.69. The highest BCUT2D eigenvalue weighted by atomic mass is 16.5. The number of ether oxygens (including phenoxy) is 1. The van der Waals surface area contributed by atoms with Crippen molar-refractivity contribution in [1.29, 1.82) is 0 Å². The molecule has 0 heterocycles. The SMILES string of the molecule is C/N=C\[C@]1(c2cccc(OC)c2)CCCCC1=O. The van der Waals surface area contributed by atoms with Crippen molar-refractivity contribution in [3.63, 3.8) is 0 Å². The lowest BCUT2D eigenvalue weighted by molar-refractivity contribution is -0.123. The fraction of sp³-hybridized carbons (Fsp3) is 0.467. The van der Waals surface area contributed by atoms with Crippen molar-refractivity contribution in [2.75, 3.05) is 14.2 Å². The highest BCUT2D eigenvalue weighted by Gasteiger charge is 2.40. The van der Waals surface area contributed by atoms with E-state index >= 15 is 0 Å². The molecule has 3 heteroatoms. The van der Waals surface area contributed by atoms with E-state index in [0.717, 1.165) is 30.6 Å². The summed E-state index contributed by atoms with van der Waals surface area (Å²) in [6.45, 7) is 0. The second-order valence-electron chi connectivity index (χ2n) is 4.72. The molecule has 1 saturated carbocycles. The quantitative estimate of drug-likeness (QED) is 0.768. The molecule has 0 aromatic heterocycles. The highest BCUT2D eigenvalue weighted by molar-refractivity contribution is 6.06. The van der Waals surface area contributed by atoms with Crippen LogP contribution in [0.1, 0.15) is 31.2 Å². The van der Waals surface area contributed by atoms with Gasteiger partial charge in [0.1, 0.15) is 11.5 Å². The van der Waals surface area contributed by atoms with Crippen LogP contribution in [0.3, 0.4) is 0 Å². The Labute approximate surface area is 108 Å². The monoisotopic (exact) mass is 245 g/mol. The maximum Gasteiger partial charge on any atom is 0.148 e. The molecule has 0 unspecified atom stereocenters. The van der Waals surface area contributed by atoms with Crippen LogP contribution in [0.5, 0.6) is 5.75 Å². The molecule has 0 saturated heterocycles. The van der Waals surface area contributed by atoms with Gasteiger partial charge in [0.05, 0.1) is 12.5 Å². The zero-order valence-corrected chi connectivity index (χ0v) is 11.0. The fourth-order valence-electron chi connectivity index (χ4n) is 2.69. The second kappa shape index (κ2) is 5.34. The smallest absolute Gasteiger partial charge is 0.148 e. The van der Waals surface area contributed by atoms with E-state index in [2.05, 4.69) is 4.99 Å². The van der Waals surface area contributed by atoms with Crippen LogP contribution >= 0.6 is 0 Å². The van der Waals surface area contributed by atoms with E-state index in [1.54, 1.807) is 14.2 Å². The molecular formula is C15H19NO2. The van der Waals surface area contributed by atoms with Crippen LogP contribution in [-0.4, -0.2) is 26.2 Å². The molecular weight excluding hydrogens is 226 g/mol. The predicted molar refractivity (Wildman–Crippen MR) is 72.6 cm³/mol. The summed E-state index contributed by atoms with van der Waals surface area (Å²) >= 11 is 0. The van der Waals surface area contributed by atoms with Crippen molar-refractivity contribution < 1.29 is 9.53 Å². The van der Waals surface area contributed by atoms with Gasteiger partial charge >= 0.3 is 0 Å². The molecule has 1 aliphatic rings. The van der Waals surface area contributed by atoms with E-state index in [9.17, 15) is 4.79 Å². The Kier molecular flexibility index (Phi) is 3.80. The van der Waals surface area contributed by atoms with Crippen LogP contribution in [0.4, 0.5) is 0 Å². The number of aliphatic imine (C=N–C) groups is 1. The van der Waals surface area contributed by atoms with E-state index in [-0.39, 0.29) is 5.78 Å². The summed E-state index contributed by atoms with van der Waals surface area (Å²) in [5, 5.41) is 0. The normalized spacial score (nSPS) is 24.4. The third-order valence-corrected chi connectivity index (χ3v) is 3.66. The van der Waals surface area contributed by atoms with Gasteiger partial charge in [-0.3, -0.25) is 9.79 Å². The van der Waals surface area contributed by atoms with Crippen LogP contribution in [0.25, 0.3) is 0 Å². The third-order valence-electron chi connectivity index (χ3n) is 3.66. The Bertz CT molecular complexity index is 467. The third kappa shape index (κ3) is 2.17.